The van der Waals surface area contributed by atoms with Gasteiger partial charge in [-0.3, -0.25) is 0 Å². The Balaban J connectivity index is 1.55. The summed E-state index contributed by atoms with van der Waals surface area (Å²) in [6.07, 6.45) is 7.43. The van der Waals surface area contributed by atoms with E-state index >= 15 is 0 Å². The van der Waals surface area contributed by atoms with Gasteiger partial charge in [0.15, 0.2) is 0 Å². The minimum absolute atomic E-state index is 0.723. The second-order valence-electron chi connectivity index (χ2n) is 5.30. The monoisotopic (exact) mass is 233 g/mol. The molecule has 3 unspecified atom stereocenters. The predicted molar refractivity (Wildman–Crippen MR) is 68.0 cm³/mol. The molecule has 2 aliphatic carbocycles. The summed E-state index contributed by atoms with van der Waals surface area (Å²) in [5.74, 6) is 3.88. The Morgan fingerprint density at radius 3 is 2.88 bits per heavy atom. The van der Waals surface area contributed by atoms with E-state index in [-0.39, 0.29) is 0 Å². The Labute approximate surface area is 101 Å². The number of aromatic amines is 1. The van der Waals surface area contributed by atoms with Gasteiger partial charge in [0, 0.05) is 20.6 Å². The lowest BCUT2D eigenvalue weighted by Gasteiger charge is -2.17. The molecule has 1 saturated carbocycles. The van der Waals surface area contributed by atoms with Crippen LogP contribution in [0.1, 0.15) is 12.8 Å². The highest BCUT2D eigenvalue weighted by Crippen LogP contribution is 2.43. The molecule has 1 aromatic heterocycles. The molecule has 0 spiro atoms. The fraction of sp³-hybridized carbons (Fsp3) is 0.667. The second-order valence-corrected chi connectivity index (χ2v) is 5.30. The maximum atomic E-state index is 4.36. The van der Waals surface area contributed by atoms with Crippen LogP contribution in [0.4, 0.5) is 11.9 Å². The van der Waals surface area contributed by atoms with Crippen molar-refractivity contribution in [2.45, 2.75) is 12.8 Å². The number of hydrogen-bond donors (Lipinski definition) is 2. The van der Waals surface area contributed by atoms with Gasteiger partial charge in [0.1, 0.15) is 0 Å². The smallest absolute Gasteiger partial charge is 0.245 e. The molecule has 2 bridgehead atoms. The Morgan fingerprint density at radius 1 is 1.41 bits per heavy atom. The number of aromatic nitrogens is 3. The van der Waals surface area contributed by atoms with E-state index in [0.717, 1.165) is 36.2 Å². The standard InChI is InChI=1S/C12H19N5/c1-17(2)12-14-11(15-16-12)13-7-10-6-8-3-4-9(10)5-8/h3-4,8-10H,5-7H2,1-2H3,(H2,13,14,15,16). The fourth-order valence-electron chi connectivity index (χ4n) is 2.89. The van der Waals surface area contributed by atoms with Gasteiger partial charge >= 0.3 is 0 Å². The van der Waals surface area contributed by atoms with E-state index in [2.05, 4.69) is 32.7 Å². The Bertz CT molecular complexity index is 422. The largest absolute Gasteiger partial charge is 0.354 e. The van der Waals surface area contributed by atoms with Crippen LogP contribution >= 0.6 is 0 Å². The van der Waals surface area contributed by atoms with Crippen LogP contribution in [0, 0.1) is 17.8 Å². The van der Waals surface area contributed by atoms with Crippen LogP contribution in [0.15, 0.2) is 12.2 Å². The molecule has 0 radical (unpaired) electrons. The first-order chi connectivity index (χ1) is 8.22. The summed E-state index contributed by atoms with van der Waals surface area (Å²) in [5.41, 5.74) is 0. The number of H-pyrrole nitrogens is 1. The summed E-state index contributed by atoms with van der Waals surface area (Å²) in [5, 5.41) is 10.4. The summed E-state index contributed by atoms with van der Waals surface area (Å²) in [6.45, 7) is 0.994. The Morgan fingerprint density at radius 2 is 2.29 bits per heavy atom. The van der Waals surface area contributed by atoms with Crippen LogP contribution in [0.3, 0.4) is 0 Å². The molecule has 92 valence electrons. The number of nitrogens with one attached hydrogen (secondary N) is 2. The van der Waals surface area contributed by atoms with E-state index in [4.69, 9.17) is 0 Å². The average Bonchev–Trinajstić information content (AvgIpc) is 3.02. The van der Waals surface area contributed by atoms with Gasteiger partial charge in [0.25, 0.3) is 0 Å². The van der Waals surface area contributed by atoms with Crippen molar-refractivity contribution in [3.05, 3.63) is 12.2 Å². The molecule has 17 heavy (non-hydrogen) atoms. The first-order valence-corrected chi connectivity index (χ1v) is 6.24. The van der Waals surface area contributed by atoms with E-state index in [1.165, 1.54) is 12.8 Å². The molecule has 5 nitrogen and oxygen atoms in total. The van der Waals surface area contributed by atoms with Gasteiger partial charge in [-0.05, 0) is 30.6 Å². The zero-order valence-electron chi connectivity index (χ0n) is 10.3. The molecule has 3 rings (SSSR count). The summed E-state index contributed by atoms with van der Waals surface area (Å²) in [7, 11) is 3.88. The van der Waals surface area contributed by atoms with Crippen molar-refractivity contribution in [3.8, 4) is 0 Å². The van der Waals surface area contributed by atoms with Crippen molar-refractivity contribution in [2.24, 2.45) is 17.8 Å². The van der Waals surface area contributed by atoms with Gasteiger partial charge < -0.3 is 10.2 Å². The summed E-state index contributed by atoms with van der Waals surface area (Å²) in [6, 6.07) is 0. The van der Waals surface area contributed by atoms with Crippen molar-refractivity contribution in [3.63, 3.8) is 0 Å². The van der Waals surface area contributed by atoms with E-state index in [1.54, 1.807) is 0 Å². The van der Waals surface area contributed by atoms with E-state index in [0.29, 0.717) is 0 Å². The molecule has 2 N–H and O–H groups in total. The average molecular weight is 233 g/mol. The zero-order chi connectivity index (χ0) is 11.8. The molecule has 0 saturated heterocycles. The van der Waals surface area contributed by atoms with Crippen LogP contribution < -0.4 is 10.2 Å². The molecule has 2 aliphatic rings. The lowest BCUT2D eigenvalue weighted by Crippen LogP contribution is -2.18. The molecule has 0 amide bonds. The molecule has 0 aliphatic heterocycles. The highest BCUT2D eigenvalue weighted by atomic mass is 15.4. The van der Waals surface area contributed by atoms with Gasteiger partial charge in [-0.15, -0.1) is 5.10 Å². The molecule has 5 heteroatoms. The number of anilines is 2. The predicted octanol–water partition coefficient (Wildman–Crippen LogP) is 1.49. The Kier molecular flexibility index (Phi) is 2.53. The number of hydrogen-bond acceptors (Lipinski definition) is 4. The fourth-order valence-corrected chi connectivity index (χ4v) is 2.89. The Hall–Kier alpha value is -1.52. The normalized spacial score (nSPS) is 29.9. The maximum absolute atomic E-state index is 4.36. The molecule has 1 fully saturated rings. The minimum Gasteiger partial charge on any atom is -0.354 e. The number of allylic oxidation sites excluding steroid dienone is 2. The van der Waals surface area contributed by atoms with Crippen molar-refractivity contribution < 1.29 is 0 Å². The van der Waals surface area contributed by atoms with E-state index in [1.807, 2.05) is 19.0 Å². The quantitative estimate of drug-likeness (QED) is 0.774. The summed E-state index contributed by atoms with van der Waals surface area (Å²) < 4.78 is 0. The lowest BCUT2D eigenvalue weighted by molar-refractivity contribution is 0.471. The SMILES string of the molecule is CN(C)c1n[nH]c(NCC2CC3C=CC2C3)n1. The van der Waals surface area contributed by atoms with Crippen molar-refractivity contribution >= 4 is 11.9 Å². The first kappa shape index (κ1) is 10.6. The number of rotatable bonds is 4. The van der Waals surface area contributed by atoms with E-state index in [9.17, 15) is 0 Å². The van der Waals surface area contributed by atoms with Crippen LogP contribution in [-0.4, -0.2) is 35.8 Å². The molecular formula is C12H19N5. The summed E-state index contributed by atoms with van der Waals surface area (Å²) in [4.78, 5) is 6.25. The third-order valence-electron chi connectivity index (χ3n) is 3.82. The number of fused-ring (bicyclic) bond motifs is 2. The van der Waals surface area contributed by atoms with Gasteiger partial charge in [0.05, 0.1) is 0 Å². The lowest BCUT2D eigenvalue weighted by atomic mass is 9.94. The summed E-state index contributed by atoms with van der Waals surface area (Å²) >= 11 is 0. The minimum atomic E-state index is 0.723. The molecule has 1 heterocycles. The van der Waals surface area contributed by atoms with Crippen molar-refractivity contribution in [1.82, 2.24) is 15.2 Å². The molecule has 0 aromatic carbocycles. The molecule has 3 atom stereocenters. The molecule has 1 aromatic rings. The first-order valence-electron chi connectivity index (χ1n) is 6.24. The topological polar surface area (TPSA) is 56.8 Å². The van der Waals surface area contributed by atoms with Crippen LogP contribution in [0.5, 0.6) is 0 Å². The van der Waals surface area contributed by atoms with Gasteiger partial charge in [-0.25, -0.2) is 5.10 Å². The van der Waals surface area contributed by atoms with Gasteiger partial charge in [-0.2, -0.15) is 4.98 Å². The van der Waals surface area contributed by atoms with Gasteiger partial charge in [-0.1, -0.05) is 12.2 Å². The highest BCUT2D eigenvalue weighted by molar-refractivity contribution is 5.35. The van der Waals surface area contributed by atoms with E-state index < -0.39 is 0 Å². The highest BCUT2D eigenvalue weighted by Gasteiger charge is 2.35. The molecular weight excluding hydrogens is 214 g/mol. The second kappa shape index (κ2) is 4.05. The van der Waals surface area contributed by atoms with Crippen molar-refractivity contribution in [2.75, 3.05) is 30.9 Å². The third-order valence-corrected chi connectivity index (χ3v) is 3.82. The van der Waals surface area contributed by atoms with Gasteiger partial charge in [0.2, 0.25) is 11.9 Å². The van der Waals surface area contributed by atoms with Crippen molar-refractivity contribution in [1.29, 1.82) is 0 Å². The van der Waals surface area contributed by atoms with Crippen LogP contribution in [0.2, 0.25) is 0 Å². The van der Waals surface area contributed by atoms with Crippen LogP contribution in [0.25, 0.3) is 0 Å². The zero-order valence-corrected chi connectivity index (χ0v) is 10.3. The third kappa shape index (κ3) is 2.01. The maximum Gasteiger partial charge on any atom is 0.245 e. The number of nitrogens with zero attached hydrogens (tertiary/aromatic N) is 3. The van der Waals surface area contributed by atoms with Crippen LogP contribution in [-0.2, 0) is 0 Å².